The normalized spacial score (nSPS) is 11.7. The van der Waals surface area contributed by atoms with E-state index in [1.54, 1.807) is 10.8 Å². The first-order chi connectivity index (χ1) is 6.00. The van der Waals surface area contributed by atoms with E-state index in [4.69, 9.17) is 5.11 Å². The fourth-order valence-corrected chi connectivity index (χ4v) is 1.24. The van der Waals surface area contributed by atoms with Crippen LogP contribution in [0.1, 0.15) is 11.4 Å². The van der Waals surface area contributed by atoms with Gasteiger partial charge in [0.2, 0.25) is 0 Å². The van der Waals surface area contributed by atoms with E-state index in [2.05, 4.69) is 5.10 Å². The van der Waals surface area contributed by atoms with Crippen molar-refractivity contribution in [3.8, 4) is 0 Å². The lowest BCUT2D eigenvalue weighted by molar-refractivity contribution is -0.131. The molecule has 0 fully saturated rings. The number of aliphatic carboxylic acids is 1. The van der Waals surface area contributed by atoms with E-state index in [-0.39, 0.29) is 0 Å². The second kappa shape index (κ2) is 3.77. The third-order valence-corrected chi connectivity index (χ3v) is 2.55. The molecule has 0 atom stereocenters. The number of aromatic nitrogens is 2. The SMILES string of the molecule is Cc1cc(/C=[C](/[AlH2])C(=O)O)nn1C. The zero-order valence-electron chi connectivity index (χ0n) is 7.90. The standard InChI is InChI=1S/C8H9N2O2.Al.2H/c1-6-5-7(9-10(6)2)3-4-8(11)12;;;/h3,5H,1-2H3,(H,11,12);;;. The van der Waals surface area contributed by atoms with Gasteiger partial charge in [0.05, 0.1) is 5.69 Å². The Kier molecular flexibility index (Phi) is 2.91. The Morgan fingerprint density at radius 3 is 2.77 bits per heavy atom. The maximum Gasteiger partial charge on any atom is 0.314 e. The van der Waals surface area contributed by atoms with E-state index < -0.39 is 5.97 Å². The Bertz CT molecular complexity index is 349. The van der Waals surface area contributed by atoms with Gasteiger partial charge in [0, 0.05) is 12.7 Å². The first-order valence-corrected chi connectivity index (χ1v) is 4.93. The van der Waals surface area contributed by atoms with Crippen molar-refractivity contribution in [3.63, 3.8) is 0 Å². The lowest BCUT2D eigenvalue weighted by Gasteiger charge is -1.90. The van der Waals surface area contributed by atoms with Gasteiger partial charge in [-0.05, 0) is 23.5 Å². The van der Waals surface area contributed by atoms with E-state index in [1.165, 1.54) is 0 Å². The largest absolute Gasteiger partial charge is 0.479 e. The fraction of sp³-hybridized carbons (Fsp3) is 0.250. The van der Waals surface area contributed by atoms with Crippen molar-refractivity contribution >= 4 is 28.3 Å². The molecule has 0 bridgehead atoms. The van der Waals surface area contributed by atoms with Crippen molar-refractivity contribution in [1.29, 1.82) is 0 Å². The molecule has 1 aromatic rings. The van der Waals surface area contributed by atoms with Crippen molar-refractivity contribution in [1.82, 2.24) is 9.78 Å². The highest BCUT2D eigenvalue weighted by Crippen LogP contribution is 2.05. The highest BCUT2D eigenvalue weighted by molar-refractivity contribution is 6.37. The summed E-state index contributed by atoms with van der Waals surface area (Å²) >= 11 is 0.528. The first-order valence-electron chi connectivity index (χ1n) is 3.93. The van der Waals surface area contributed by atoms with Crippen molar-refractivity contribution in [2.75, 3.05) is 0 Å². The predicted molar refractivity (Wildman–Crippen MR) is 52.1 cm³/mol. The van der Waals surface area contributed by atoms with Gasteiger partial charge in [0.1, 0.15) is 0 Å². The van der Waals surface area contributed by atoms with Crippen molar-refractivity contribution in [2.24, 2.45) is 7.05 Å². The zero-order valence-corrected chi connectivity index (χ0v) is 9.90. The smallest absolute Gasteiger partial charge is 0.314 e. The molecule has 1 aromatic heterocycles. The molecule has 0 saturated carbocycles. The summed E-state index contributed by atoms with van der Waals surface area (Å²) in [5, 5.41) is 12.8. The van der Waals surface area contributed by atoms with Crippen LogP contribution >= 0.6 is 0 Å². The third kappa shape index (κ3) is 2.44. The molecule has 0 saturated heterocycles. The van der Waals surface area contributed by atoms with Crippen LogP contribution in [0.2, 0.25) is 0 Å². The molecule has 5 heteroatoms. The molecule has 0 aromatic carbocycles. The number of rotatable bonds is 2. The molecule has 0 spiro atoms. The molecular formula is C8H11AlN2O2. The molecule has 0 amide bonds. The molecule has 0 aliphatic carbocycles. The second-order valence-electron chi connectivity index (χ2n) is 2.97. The molecule has 0 radical (unpaired) electrons. The maximum atomic E-state index is 10.5. The monoisotopic (exact) mass is 194 g/mol. The summed E-state index contributed by atoms with van der Waals surface area (Å²) < 4.78 is 2.15. The minimum absolute atomic E-state index is 0.429. The van der Waals surface area contributed by atoms with Gasteiger partial charge in [0.25, 0.3) is 16.3 Å². The van der Waals surface area contributed by atoms with Crippen LogP contribution in [0.25, 0.3) is 6.08 Å². The van der Waals surface area contributed by atoms with Gasteiger partial charge in [-0.2, -0.15) is 5.10 Å². The Hall–Kier alpha value is -1.05. The van der Waals surface area contributed by atoms with Gasteiger partial charge in [-0.25, -0.2) is 4.79 Å². The average Bonchev–Trinajstić information content (AvgIpc) is 2.31. The zero-order chi connectivity index (χ0) is 10.0. The van der Waals surface area contributed by atoms with Gasteiger partial charge >= 0.3 is 5.97 Å². The van der Waals surface area contributed by atoms with Crippen LogP contribution in [0.5, 0.6) is 0 Å². The van der Waals surface area contributed by atoms with Crippen LogP contribution in [-0.4, -0.2) is 37.1 Å². The predicted octanol–water partition coefficient (Wildman–Crippen LogP) is -0.213. The highest BCUT2D eigenvalue weighted by atomic mass is 27.0. The lowest BCUT2D eigenvalue weighted by atomic mass is 10.3. The van der Waals surface area contributed by atoms with E-state index in [0.717, 1.165) is 5.69 Å². The molecule has 13 heavy (non-hydrogen) atoms. The maximum absolute atomic E-state index is 10.5. The number of carboxylic acids is 1. The Labute approximate surface area is 84.3 Å². The molecule has 4 nitrogen and oxygen atoms in total. The third-order valence-electron chi connectivity index (χ3n) is 1.83. The van der Waals surface area contributed by atoms with Crippen LogP contribution in [-0.2, 0) is 11.8 Å². The fourth-order valence-electron chi connectivity index (χ4n) is 0.942. The summed E-state index contributed by atoms with van der Waals surface area (Å²) in [4.78, 5) is 10.5. The minimum Gasteiger partial charge on any atom is -0.479 e. The van der Waals surface area contributed by atoms with Gasteiger partial charge in [-0.15, -0.1) is 0 Å². The molecule has 1 heterocycles. The summed E-state index contributed by atoms with van der Waals surface area (Å²) in [5.74, 6) is -0.852. The molecule has 1 N–H and O–H groups in total. The topological polar surface area (TPSA) is 55.1 Å². The van der Waals surface area contributed by atoms with Crippen LogP contribution in [0.4, 0.5) is 0 Å². The van der Waals surface area contributed by atoms with Crippen LogP contribution in [0.15, 0.2) is 10.5 Å². The Balaban J connectivity index is 2.98. The summed E-state index contributed by atoms with van der Waals surface area (Å²) in [6.07, 6.45) is 1.61. The molecule has 0 aliphatic rings. The average molecular weight is 194 g/mol. The molecule has 0 unspecified atom stereocenters. The van der Waals surface area contributed by atoms with Crippen LogP contribution in [0, 0.1) is 6.92 Å². The van der Waals surface area contributed by atoms with E-state index >= 15 is 0 Å². The molecular weight excluding hydrogens is 183 g/mol. The summed E-state index contributed by atoms with van der Waals surface area (Å²) in [6, 6.07) is 1.86. The number of aryl methyl sites for hydroxylation is 2. The van der Waals surface area contributed by atoms with Crippen molar-refractivity contribution < 1.29 is 9.90 Å². The van der Waals surface area contributed by atoms with Gasteiger partial charge in [-0.3, -0.25) is 4.68 Å². The Morgan fingerprint density at radius 1 is 1.77 bits per heavy atom. The number of hydrogen-bond donors (Lipinski definition) is 1. The van der Waals surface area contributed by atoms with E-state index in [0.29, 0.717) is 26.4 Å². The summed E-state index contributed by atoms with van der Waals surface area (Å²) in [6.45, 7) is 1.93. The number of nitrogens with zero attached hydrogens (tertiary/aromatic N) is 2. The van der Waals surface area contributed by atoms with Gasteiger partial charge in [-0.1, -0.05) is 0 Å². The minimum atomic E-state index is -0.852. The van der Waals surface area contributed by atoms with Crippen molar-refractivity contribution in [2.45, 2.75) is 6.92 Å². The van der Waals surface area contributed by atoms with E-state index in [9.17, 15) is 4.79 Å². The van der Waals surface area contributed by atoms with Gasteiger partial charge < -0.3 is 5.11 Å². The number of carbonyl (C=O) groups is 1. The number of carboxylic acid groups (broad SMARTS) is 1. The highest BCUT2D eigenvalue weighted by Gasteiger charge is 2.02. The molecule has 1 rings (SSSR count). The quantitative estimate of drug-likeness (QED) is 0.523. The molecule has 68 valence electrons. The molecule has 0 aliphatic heterocycles. The van der Waals surface area contributed by atoms with E-state index in [1.807, 2.05) is 20.0 Å². The lowest BCUT2D eigenvalue weighted by Crippen LogP contribution is -1.99. The van der Waals surface area contributed by atoms with Crippen molar-refractivity contribution in [3.05, 3.63) is 21.9 Å². The summed E-state index contributed by atoms with van der Waals surface area (Å²) in [7, 11) is 1.83. The van der Waals surface area contributed by atoms with Gasteiger partial charge in [0.15, 0.2) is 0 Å². The number of hydrogen-bond acceptors (Lipinski definition) is 2. The van der Waals surface area contributed by atoms with Crippen LogP contribution < -0.4 is 0 Å². The summed E-state index contributed by atoms with van der Waals surface area (Å²) in [5.41, 5.74) is 1.73. The second-order valence-corrected chi connectivity index (χ2v) is 4.04. The van der Waals surface area contributed by atoms with Crippen LogP contribution in [0.3, 0.4) is 0 Å². The Morgan fingerprint density at radius 2 is 2.38 bits per heavy atom. The first kappa shape index (κ1) is 10.0.